The van der Waals surface area contributed by atoms with Crippen molar-refractivity contribution in [3.05, 3.63) is 89.0 Å². The number of nitrogens with one attached hydrogen (secondary N) is 1. The molecule has 1 nitrogen and oxygen atoms in total. The Morgan fingerprint density at radius 1 is 0.840 bits per heavy atom. The van der Waals surface area contributed by atoms with Gasteiger partial charge in [0, 0.05) is 12.1 Å². The summed E-state index contributed by atoms with van der Waals surface area (Å²) >= 11 is 0. The fraction of sp³-hybridized carbons (Fsp3) is 0.250. The van der Waals surface area contributed by atoms with Crippen molar-refractivity contribution in [2.75, 3.05) is 0 Å². The molecular formula is C24H25N. The van der Waals surface area contributed by atoms with Crippen LogP contribution in [0.2, 0.25) is 0 Å². The van der Waals surface area contributed by atoms with Crippen molar-refractivity contribution in [1.29, 1.82) is 0 Å². The standard InChI is InChI=1S/C24H25N/c1-17(21-15-14-19-8-3-4-10-22(19)16-21)25-18(2)23-13-7-11-20-9-5-6-12-24(20)23/h3-4,6-8,10-18,25H,5,9H2,1-2H3/t17-,18?/m1/s1. The van der Waals surface area contributed by atoms with Crippen molar-refractivity contribution in [3.63, 3.8) is 0 Å². The first-order valence-corrected chi connectivity index (χ1v) is 9.25. The van der Waals surface area contributed by atoms with Crippen molar-refractivity contribution in [2.24, 2.45) is 0 Å². The van der Waals surface area contributed by atoms with Gasteiger partial charge in [-0.3, -0.25) is 0 Å². The molecule has 0 amide bonds. The molecule has 0 spiro atoms. The van der Waals surface area contributed by atoms with Crippen LogP contribution in [-0.2, 0) is 6.42 Å². The molecule has 0 aliphatic heterocycles. The summed E-state index contributed by atoms with van der Waals surface area (Å²) in [4.78, 5) is 0. The lowest BCUT2D eigenvalue weighted by Gasteiger charge is -2.24. The molecule has 3 aromatic rings. The fourth-order valence-electron chi connectivity index (χ4n) is 3.91. The molecule has 0 saturated carbocycles. The Balaban J connectivity index is 1.58. The van der Waals surface area contributed by atoms with E-state index in [1.165, 1.54) is 33.0 Å². The van der Waals surface area contributed by atoms with Gasteiger partial charge in [-0.2, -0.15) is 0 Å². The molecule has 3 aromatic carbocycles. The van der Waals surface area contributed by atoms with Gasteiger partial charge in [0.15, 0.2) is 0 Å². The summed E-state index contributed by atoms with van der Waals surface area (Å²) in [6, 6.07) is 22.7. The monoisotopic (exact) mass is 327 g/mol. The molecule has 25 heavy (non-hydrogen) atoms. The molecule has 1 N–H and O–H groups in total. The van der Waals surface area contributed by atoms with Gasteiger partial charge >= 0.3 is 0 Å². The number of allylic oxidation sites excluding steroid dienone is 1. The third kappa shape index (κ3) is 3.25. The van der Waals surface area contributed by atoms with E-state index in [9.17, 15) is 0 Å². The first-order chi connectivity index (χ1) is 12.2. The van der Waals surface area contributed by atoms with Crippen LogP contribution in [-0.4, -0.2) is 0 Å². The third-order valence-corrected chi connectivity index (χ3v) is 5.34. The van der Waals surface area contributed by atoms with Gasteiger partial charge in [0.2, 0.25) is 0 Å². The minimum atomic E-state index is 0.308. The molecule has 0 heterocycles. The van der Waals surface area contributed by atoms with Crippen LogP contribution in [0.3, 0.4) is 0 Å². The smallest absolute Gasteiger partial charge is 0.0303 e. The van der Waals surface area contributed by atoms with Crippen LogP contribution < -0.4 is 5.32 Å². The number of fused-ring (bicyclic) bond motifs is 2. The summed E-state index contributed by atoms with van der Waals surface area (Å²) < 4.78 is 0. The maximum Gasteiger partial charge on any atom is 0.0303 e. The van der Waals surface area contributed by atoms with Crippen LogP contribution in [0.25, 0.3) is 16.8 Å². The second-order valence-corrected chi connectivity index (χ2v) is 7.08. The molecule has 1 aliphatic carbocycles. The van der Waals surface area contributed by atoms with E-state index in [2.05, 4.69) is 92.0 Å². The number of benzene rings is 3. The predicted octanol–water partition coefficient (Wildman–Crippen LogP) is 6.21. The van der Waals surface area contributed by atoms with Crippen LogP contribution in [0.15, 0.2) is 66.7 Å². The van der Waals surface area contributed by atoms with Crippen molar-refractivity contribution in [1.82, 2.24) is 5.32 Å². The lowest BCUT2D eigenvalue weighted by molar-refractivity contribution is 0.494. The molecule has 0 radical (unpaired) electrons. The lowest BCUT2D eigenvalue weighted by Crippen LogP contribution is -2.23. The van der Waals surface area contributed by atoms with E-state index < -0.39 is 0 Å². The van der Waals surface area contributed by atoms with E-state index in [1.54, 1.807) is 0 Å². The van der Waals surface area contributed by atoms with Crippen LogP contribution in [0.4, 0.5) is 0 Å². The minimum Gasteiger partial charge on any atom is -0.304 e. The van der Waals surface area contributed by atoms with Crippen molar-refractivity contribution in [2.45, 2.75) is 38.8 Å². The normalized spacial score (nSPS) is 15.8. The van der Waals surface area contributed by atoms with Gasteiger partial charge in [0.1, 0.15) is 0 Å². The summed E-state index contributed by atoms with van der Waals surface area (Å²) in [6.07, 6.45) is 6.91. The van der Waals surface area contributed by atoms with Gasteiger partial charge in [-0.1, -0.05) is 66.7 Å². The van der Waals surface area contributed by atoms with Crippen molar-refractivity contribution >= 4 is 16.8 Å². The predicted molar refractivity (Wildman–Crippen MR) is 108 cm³/mol. The summed E-state index contributed by atoms with van der Waals surface area (Å²) in [5.74, 6) is 0. The Hall–Kier alpha value is -2.38. The average molecular weight is 327 g/mol. The van der Waals surface area contributed by atoms with E-state index in [4.69, 9.17) is 0 Å². The van der Waals surface area contributed by atoms with E-state index in [1.807, 2.05) is 0 Å². The SMILES string of the molecule is CC(N[C@H](C)c1ccc2ccccc2c1)c1cccc2c1C=CCC2. The number of hydrogen-bond acceptors (Lipinski definition) is 1. The molecule has 1 unspecified atom stereocenters. The molecule has 0 aromatic heterocycles. The summed E-state index contributed by atoms with van der Waals surface area (Å²) in [5, 5.41) is 6.40. The summed E-state index contributed by atoms with van der Waals surface area (Å²) in [6.45, 7) is 4.53. The summed E-state index contributed by atoms with van der Waals surface area (Å²) in [7, 11) is 0. The lowest BCUT2D eigenvalue weighted by atomic mass is 9.90. The average Bonchev–Trinajstić information content (AvgIpc) is 2.67. The molecule has 1 aliphatic rings. The second kappa shape index (κ2) is 6.85. The molecule has 0 saturated heterocycles. The topological polar surface area (TPSA) is 12.0 Å². The number of rotatable bonds is 4. The zero-order chi connectivity index (χ0) is 17.2. The quantitative estimate of drug-likeness (QED) is 0.600. The van der Waals surface area contributed by atoms with Crippen LogP contribution in [0, 0.1) is 0 Å². The second-order valence-electron chi connectivity index (χ2n) is 7.08. The molecule has 1 heteroatoms. The molecule has 4 rings (SSSR count). The Morgan fingerprint density at radius 2 is 1.68 bits per heavy atom. The highest BCUT2D eigenvalue weighted by Crippen LogP contribution is 2.29. The maximum absolute atomic E-state index is 3.79. The van der Waals surface area contributed by atoms with Gasteiger partial charge in [0.05, 0.1) is 0 Å². The van der Waals surface area contributed by atoms with Gasteiger partial charge < -0.3 is 5.32 Å². The van der Waals surface area contributed by atoms with E-state index in [0.29, 0.717) is 12.1 Å². The van der Waals surface area contributed by atoms with Gasteiger partial charge in [-0.15, -0.1) is 0 Å². The Kier molecular flexibility index (Phi) is 4.42. The zero-order valence-electron chi connectivity index (χ0n) is 15.0. The minimum absolute atomic E-state index is 0.308. The fourth-order valence-corrected chi connectivity index (χ4v) is 3.91. The van der Waals surface area contributed by atoms with E-state index >= 15 is 0 Å². The van der Waals surface area contributed by atoms with E-state index in [0.717, 1.165) is 12.8 Å². The van der Waals surface area contributed by atoms with Crippen molar-refractivity contribution in [3.8, 4) is 0 Å². The van der Waals surface area contributed by atoms with Crippen LogP contribution >= 0.6 is 0 Å². The number of hydrogen-bond donors (Lipinski definition) is 1. The molecule has 0 fully saturated rings. The maximum atomic E-state index is 3.79. The Bertz CT molecular complexity index is 922. The Morgan fingerprint density at radius 3 is 2.56 bits per heavy atom. The highest BCUT2D eigenvalue weighted by Gasteiger charge is 2.16. The highest BCUT2D eigenvalue weighted by atomic mass is 14.9. The summed E-state index contributed by atoms with van der Waals surface area (Å²) in [5.41, 5.74) is 5.64. The van der Waals surface area contributed by atoms with Crippen LogP contribution in [0.5, 0.6) is 0 Å². The Labute approximate surface area is 150 Å². The van der Waals surface area contributed by atoms with Crippen molar-refractivity contribution < 1.29 is 0 Å². The largest absolute Gasteiger partial charge is 0.304 e. The molecule has 2 atom stereocenters. The van der Waals surface area contributed by atoms with Gasteiger partial charge in [-0.05, 0) is 65.8 Å². The van der Waals surface area contributed by atoms with E-state index in [-0.39, 0.29) is 0 Å². The molecule has 126 valence electrons. The first kappa shape index (κ1) is 16.1. The highest BCUT2D eigenvalue weighted by molar-refractivity contribution is 5.83. The van der Waals surface area contributed by atoms with Crippen LogP contribution in [0.1, 0.15) is 54.6 Å². The zero-order valence-corrected chi connectivity index (χ0v) is 15.0. The number of aryl methyl sites for hydroxylation is 1. The third-order valence-electron chi connectivity index (χ3n) is 5.34. The molecular weight excluding hydrogens is 302 g/mol. The first-order valence-electron chi connectivity index (χ1n) is 9.25. The van der Waals surface area contributed by atoms with Gasteiger partial charge in [-0.25, -0.2) is 0 Å². The molecule has 0 bridgehead atoms. The van der Waals surface area contributed by atoms with Gasteiger partial charge in [0.25, 0.3) is 0 Å².